The molecule has 14 heavy (non-hydrogen) atoms. The van der Waals surface area contributed by atoms with Crippen molar-refractivity contribution in [3.05, 3.63) is 23.3 Å². The first kappa shape index (κ1) is 9.38. The number of aryl methyl sites for hydroxylation is 2. The van der Waals surface area contributed by atoms with E-state index in [9.17, 15) is 0 Å². The molecule has 0 saturated carbocycles. The molecule has 0 radical (unpaired) electrons. The van der Waals surface area contributed by atoms with Crippen molar-refractivity contribution in [3.63, 3.8) is 0 Å². The lowest BCUT2D eigenvalue weighted by molar-refractivity contribution is 0.699. The van der Waals surface area contributed by atoms with Crippen LogP contribution in [0.1, 0.15) is 18.1 Å². The van der Waals surface area contributed by atoms with Crippen LogP contribution < -0.4 is 10.2 Å². The van der Waals surface area contributed by atoms with Crippen LogP contribution in [-0.4, -0.2) is 19.6 Å². The Morgan fingerprint density at radius 2 is 1.93 bits per heavy atom. The van der Waals surface area contributed by atoms with Gasteiger partial charge in [0, 0.05) is 19.6 Å². The fourth-order valence-corrected chi connectivity index (χ4v) is 1.87. The third-order valence-corrected chi connectivity index (χ3v) is 3.24. The molecule has 0 aromatic heterocycles. The van der Waals surface area contributed by atoms with Crippen molar-refractivity contribution in [2.45, 2.75) is 26.8 Å². The van der Waals surface area contributed by atoms with Gasteiger partial charge in [-0.15, -0.1) is 0 Å². The number of anilines is 2. The van der Waals surface area contributed by atoms with Crippen molar-refractivity contribution in [2.24, 2.45) is 0 Å². The molecular formula is C12H18N2. The minimum absolute atomic E-state index is 0.574. The molecule has 1 N–H and O–H groups in total. The first-order valence-electron chi connectivity index (χ1n) is 5.17. The number of hydrogen-bond donors (Lipinski definition) is 1. The van der Waals surface area contributed by atoms with Gasteiger partial charge >= 0.3 is 0 Å². The fraction of sp³-hybridized carbons (Fsp3) is 0.500. The van der Waals surface area contributed by atoms with Gasteiger partial charge in [0.05, 0.1) is 11.4 Å². The minimum atomic E-state index is 0.574. The smallest absolute Gasteiger partial charge is 0.0605 e. The van der Waals surface area contributed by atoms with Crippen molar-refractivity contribution in [2.75, 3.05) is 23.8 Å². The standard InChI is InChI=1S/C12H18N2/c1-8-5-11-12(6-9(8)2)14(4)10(3)7-13-11/h5-6,10,13H,7H2,1-4H3. The van der Waals surface area contributed by atoms with Crippen LogP contribution in [0.4, 0.5) is 11.4 Å². The van der Waals surface area contributed by atoms with Crippen LogP contribution in [0.3, 0.4) is 0 Å². The average Bonchev–Trinajstić information content (AvgIpc) is 2.15. The van der Waals surface area contributed by atoms with E-state index in [1.165, 1.54) is 22.5 Å². The van der Waals surface area contributed by atoms with Crippen LogP contribution in [0.25, 0.3) is 0 Å². The number of likely N-dealkylation sites (N-methyl/N-ethyl adjacent to an activating group) is 1. The van der Waals surface area contributed by atoms with E-state index in [0.29, 0.717) is 6.04 Å². The Labute approximate surface area is 85.9 Å². The van der Waals surface area contributed by atoms with Gasteiger partial charge in [-0.05, 0) is 44.0 Å². The summed E-state index contributed by atoms with van der Waals surface area (Å²) in [5, 5.41) is 3.47. The zero-order valence-corrected chi connectivity index (χ0v) is 9.39. The predicted molar refractivity (Wildman–Crippen MR) is 62.3 cm³/mol. The van der Waals surface area contributed by atoms with Gasteiger partial charge in [-0.25, -0.2) is 0 Å². The van der Waals surface area contributed by atoms with Crippen molar-refractivity contribution in [1.82, 2.24) is 0 Å². The molecule has 1 atom stereocenters. The molecule has 1 unspecified atom stereocenters. The summed E-state index contributed by atoms with van der Waals surface area (Å²) >= 11 is 0. The number of benzene rings is 1. The Hall–Kier alpha value is -1.18. The van der Waals surface area contributed by atoms with Gasteiger partial charge in [0.25, 0.3) is 0 Å². The van der Waals surface area contributed by atoms with E-state index < -0.39 is 0 Å². The van der Waals surface area contributed by atoms with Crippen molar-refractivity contribution < 1.29 is 0 Å². The maximum absolute atomic E-state index is 3.47. The topological polar surface area (TPSA) is 15.3 Å². The molecule has 76 valence electrons. The van der Waals surface area contributed by atoms with Crippen LogP contribution in [0.5, 0.6) is 0 Å². The van der Waals surface area contributed by atoms with Gasteiger partial charge in [-0.1, -0.05) is 0 Å². The summed E-state index contributed by atoms with van der Waals surface area (Å²) in [7, 11) is 2.17. The van der Waals surface area contributed by atoms with Crippen LogP contribution >= 0.6 is 0 Å². The quantitative estimate of drug-likeness (QED) is 0.676. The third kappa shape index (κ3) is 1.35. The SMILES string of the molecule is Cc1cc2c(cc1C)N(C)C(C)CN2. The molecule has 0 saturated heterocycles. The molecule has 2 nitrogen and oxygen atoms in total. The van der Waals surface area contributed by atoms with E-state index in [-0.39, 0.29) is 0 Å². The van der Waals surface area contributed by atoms with Gasteiger partial charge in [0.15, 0.2) is 0 Å². The molecular weight excluding hydrogens is 172 g/mol. The summed E-state index contributed by atoms with van der Waals surface area (Å²) in [6.45, 7) is 7.61. The maximum Gasteiger partial charge on any atom is 0.0605 e. The molecule has 1 aromatic rings. The monoisotopic (exact) mass is 190 g/mol. The molecule has 0 fully saturated rings. The molecule has 0 spiro atoms. The maximum atomic E-state index is 3.47. The summed E-state index contributed by atoms with van der Waals surface area (Å²) in [6, 6.07) is 5.09. The number of nitrogens with zero attached hydrogens (tertiary/aromatic N) is 1. The Bertz CT molecular complexity index is 358. The Morgan fingerprint density at radius 3 is 2.64 bits per heavy atom. The van der Waals surface area contributed by atoms with E-state index in [1.807, 2.05) is 0 Å². The van der Waals surface area contributed by atoms with Gasteiger partial charge in [0.1, 0.15) is 0 Å². The molecule has 0 aliphatic carbocycles. The number of fused-ring (bicyclic) bond motifs is 1. The summed E-state index contributed by atoms with van der Waals surface area (Å²) in [5.41, 5.74) is 5.33. The highest BCUT2D eigenvalue weighted by Crippen LogP contribution is 2.32. The molecule has 1 aliphatic rings. The highest BCUT2D eigenvalue weighted by atomic mass is 15.2. The van der Waals surface area contributed by atoms with Crippen LogP contribution in [-0.2, 0) is 0 Å². The van der Waals surface area contributed by atoms with E-state index >= 15 is 0 Å². The van der Waals surface area contributed by atoms with Gasteiger partial charge < -0.3 is 10.2 Å². The van der Waals surface area contributed by atoms with E-state index in [0.717, 1.165) is 6.54 Å². The third-order valence-electron chi connectivity index (χ3n) is 3.24. The lowest BCUT2D eigenvalue weighted by Gasteiger charge is -2.35. The number of nitrogens with one attached hydrogen (secondary N) is 1. The normalized spacial score (nSPS) is 20.3. The summed E-state index contributed by atoms with van der Waals surface area (Å²) in [4.78, 5) is 2.35. The van der Waals surface area contributed by atoms with Crippen LogP contribution in [0.15, 0.2) is 12.1 Å². The summed E-state index contributed by atoms with van der Waals surface area (Å²) in [6.07, 6.45) is 0. The Morgan fingerprint density at radius 1 is 1.29 bits per heavy atom. The van der Waals surface area contributed by atoms with Gasteiger partial charge in [-0.3, -0.25) is 0 Å². The van der Waals surface area contributed by atoms with E-state index in [4.69, 9.17) is 0 Å². The first-order chi connectivity index (χ1) is 6.59. The van der Waals surface area contributed by atoms with Crippen LogP contribution in [0.2, 0.25) is 0 Å². The average molecular weight is 190 g/mol. The van der Waals surface area contributed by atoms with Crippen LogP contribution in [0, 0.1) is 13.8 Å². The summed E-state index contributed by atoms with van der Waals surface area (Å²) in [5.74, 6) is 0. The second-order valence-corrected chi connectivity index (χ2v) is 4.29. The zero-order valence-electron chi connectivity index (χ0n) is 9.39. The summed E-state index contributed by atoms with van der Waals surface area (Å²) < 4.78 is 0. The Kier molecular flexibility index (Phi) is 2.14. The molecule has 0 bridgehead atoms. The van der Waals surface area contributed by atoms with Gasteiger partial charge in [-0.2, -0.15) is 0 Å². The lowest BCUT2D eigenvalue weighted by atomic mass is 10.0. The molecule has 1 heterocycles. The molecule has 0 amide bonds. The van der Waals surface area contributed by atoms with Gasteiger partial charge in [0.2, 0.25) is 0 Å². The molecule has 2 heteroatoms. The van der Waals surface area contributed by atoms with Crippen molar-refractivity contribution in [1.29, 1.82) is 0 Å². The zero-order chi connectivity index (χ0) is 10.3. The molecule has 1 aromatic carbocycles. The molecule has 2 rings (SSSR count). The van der Waals surface area contributed by atoms with E-state index in [2.05, 4.69) is 50.2 Å². The highest BCUT2D eigenvalue weighted by molar-refractivity contribution is 5.74. The first-order valence-corrected chi connectivity index (χ1v) is 5.17. The largest absolute Gasteiger partial charge is 0.381 e. The minimum Gasteiger partial charge on any atom is -0.381 e. The molecule has 1 aliphatic heterocycles. The Balaban J connectivity index is 2.50. The predicted octanol–water partition coefficient (Wildman–Crippen LogP) is 2.55. The number of rotatable bonds is 0. The lowest BCUT2D eigenvalue weighted by Crippen LogP contribution is -2.39. The fourth-order valence-electron chi connectivity index (χ4n) is 1.87. The highest BCUT2D eigenvalue weighted by Gasteiger charge is 2.19. The number of hydrogen-bond acceptors (Lipinski definition) is 2. The second kappa shape index (κ2) is 3.19. The second-order valence-electron chi connectivity index (χ2n) is 4.29. The van der Waals surface area contributed by atoms with Crippen molar-refractivity contribution >= 4 is 11.4 Å². The van der Waals surface area contributed by atoms with Crippen molar-refractivity contribution in [3.8, 4) is 0 Å². The van der Waals surface area contributed by atoms with E-state index in [1.54, 1.807) is 0 Å².